The summed E-state index contributed by atoms with van der Waals surface area (Å²) in [6, 6.07) is 15.4. The van der Waals surface area contributed by atoms with Gasteiger partial charge >= 0.3 is 0 Å². The van der Waals surface area contributed by atoms with E-state index in [1.807, 2.05) is 18.2 Å². The van der Waals surface area contributed by atoms with Crippen LogP contribution in [0.1, 0.15) is 41.3 Å². The third-order valence-electron chi connectivity index (χ3n) is 4.97. The zero-order chi connectivity index (χ0) is 18.8. The Labute approximate surface area is 158 Å². The first-order valence-corrected chi connectivity index (χ1v) is 9.13. The summed E-state index contributed by atoms with van der Waals surface area (Å²) in [5, 5.41) is 8.82. The van der Waals surface area contributed by atoms with E-state index in [1.54, 1.807) is 17.6 Å². The van der Waals surface area contributed by atoms with Crippen molar-refractivity contribution in [3.63, 3.8) is 0 Å². The Morgan fingerprint density at radius 2 is 1.96 bits per heavy atom. The van der Waals surface area contributed by atoms with Gasteiger partial charge in [0.15, 0.2) is 0 Å². The standard InChI is InChI=1S/C22H21N3O2/c1-2-25-19-9-5-3-7-17(19)21(23-18-8-4-6-10-20(18)25)15-11-13-16(14-12-15)22(26)24-27/h3-5,7-9,11-14,27H,2,6,10H2,1H3,(H,24,26). The average molecular weight is 359 g/mol. The first-order chi connectivity index (χ1) is 13.2. The minimum absolute atomic E-state index is 0.399. The van der Waals surface area contributed by atoms with Crippen molar-refractivity contribution in [2.75, 3.05) is 11.4 Å². The molecule has 1 amide bonds. The lowest BCUT2D eigenvalue weighted by Crippen LogP contribution is -2.24. The minimum atomic E-state index is -0.526. The Balaban J connectivity index is 1.88. The summed E-state index contributed by atoms with van der Waals surface area (Å²) in [6.45, 7) is 3.04. The molecule has 0 bridgehead atoms. The Morgan fingerprint density at radius 3 is 2.70 bits per heavy atom. The van der Waals surface area contributed by atoms with Gasteiger partial charge in [-0.25, -0.2) is 10.5 Å². The fourth-order valence-electron chi connectivity index (χ4n) is 3.67. The number of aliphatic imine (C=N–C) groups is 1. The molecular formula is C22H21N3O2. The van der Waals surface area contributed by atoms with E-state index in [-0.39, 0.29) is 0 Å². The van der Waals surface area contributed by atoms with Crippen molar-refractivity contribution in [2.24, 2.45) is 4.99 Å². The quantitative estimate of drug-likeness (QED) is 0.642. The molecule has 0 radical (unpaired) electrons. The van der Waals surface area contributed by atoms with E-state index in [1.165, 1.54) is 5.70 Å². The molecule has 2 aliphatic rings. The van der Waals surface area contributed by atoms with Gasteiger partial charge in [-0.15, -0.1) is 0 Å². The summed E-state index contributed by atoms with van der Waals surface area (Å²) in [7, 11) is 0. The van der Waals surface area contributed by atoms with E-state index in [4.69, 9.17) is 10.2 Å². The maximum Gasteiger partial charge on any atom is 0.274 e. The summed E-state index contributed by atoms with van der Waals surface area (Å²) in [4.78, 5) is 19.0. The van der Waals surface area contributed by atoms with Gasteiger partial charge in [-0.05, 0) is 44.0 Å². The molecule has 4 rings (SSSR count). The molecule has 2 N–H and O–H groups in total. The van der Waals surface area contributed by atoms with Crippen molar-refractivity contribution in [1.82, 2.24) is 5.48 Å². The van der Waals surface area contributed by atoms with Crippen LogP contribution in [0.15, 0.2) is 77.1 Å². The number of fused-ring (bicyclic) bond motifs is 1. The van der Waals surface area contributed by atoms with Gasteiger partial charge in [-0.3, -0.25) is 10.0 Å². The summed E-state index contributed by atoms with van der Waals surface area (Å²) in [5.41, 5.74) is 8.34. The fraction of sp³-hybridized carbons (Fsp3) is 0.182. The largest absolute Gasteiger partial charge is 0.343 e. The third kappa shape index (κ3) is 3.06. The zero-order valence-electron chi connectivity index (χ0n) is 15.1. The molecule has 0 unspecified atom stereocenters. The number of para-hydroxylation sites is 1. The molecule has 1 heterocycles. The lowest BCUT2D eigenvalue weighted by Gasteiger charge is -2.28. The maximum absolute atomic E-state index is 11.6. The molecule has 0 saturated heterocycles. The highest BCUT2D eigenvalue weighted by Gasteiger charge is 2.24. The van der Waals surface area contributed by atoms with Gasteiger partial charge < -0.3 is 4.90 Å². The smallest absolute Gasteiger partial charge is 0.274 e. The van der Waals surface area contributed by atoms with Gasteiger partial charge in [0.1, 0.15) is 0 Å². The number of carbonyl (C=O) groups excluding carboxylic acids is 1. The number of nitrogens with one attached hydrogen (secondary N) is 1. The number of rotatable bonds is 3. The Bertz CT molecular complexity index is 971. The first kappa shape index (κ1) is 17.2. The van der Waals surface area contributed by atoms with Crippen molar-refractivity contribution in [1.29, 1.82) is 0 Å². The SMILES string of the molecule is CCN1C2=C(C=CCC2)N=C(c2ccc(C(=O)NO)cc2)c2ccccc21. The minimum Gasteiger partial charge on any atom is -0.343 e. The van der Waals surface area contributed by atoms with Crippen molar-refractivity contribution in [3.8, 4) is 0 Å². The van der Waals surface area contributed by atoms with Crippen LogP contribution < -0.4 is 10.4 Å². The van der Waals surface area contributed by atoms with E-state index < -0.39 is 5.91 Å². The second-order valence-corrected chi connectivity index (χ2v) is 6.51. The number of anilines is 1. The van der Waals surface area contributed by atoms with Crippen molar-refractivity contribution in [3.05, 3.63) is 88.8 Å². The molecule has 2 aromatic rings. The number of hydrogen-bond acceptors (Lipinski definition) is 4. The van der Waals surface area contributed by atoms with Crippen LogP contribution in [-0.4, -0.2) is 23.4 Å². The first-order valence-electron chi connectivity index (χ1n) is 9.13. The summed E-state index contributed by atoms with van der Waals surface area (Å²) in [5.74, 6) is -0.526. The van der Waals surface area contributed by atoms with Crippen LogP contribution >= 0.6 is 0 Å². The fourth-order valence-corrected chi connectivity index (χ4v) is 3.67. The van der Waals surface area contributed by atoms with Crippen LogP contribution in [0.2, 0.25) is 0 Å². The van der Waals surface area contributed by atoms with Crippen LogP contribution in [0.5, 0.6) is 0 Å². The molecule has 2 aromatic carbocycles. The molecule has 0 saturated carbocycles. The lowest BCUT2D eigenvalue weighted by molar-refractivity contribution is 0.0706. The molecule has 5 nitrogen and oxygen atoms in total. The van der Waals surface area contributed by atoms with Gasteiger partial charge in [0.25, 0.3) is 5.91 Å². The molecule has 0 spiro atoms. The van der Waals surface area contributed by atoms with Crippen LogP contribution in [0.3, 0.4) is 0 Å². The number of benzene rings is 2. The Morgan fingerprint density at radius 1 is 1.19 bits per heavy atom. The number of carbonyl (C=O) groups is 1. The van der Waals surface area contributed by atoms with E-state index in [0.29, 0.717) is 5.56 Å². The molecule has 1 aliphatic heterocycles. The average Bonchev–Trinajstić information content (AvgIpc) is 2.87. The number of amides is 1. The Hall–Kier alpha value is -3.18. The summed E-state index contributed by atoms with van der Waals surface area (Å²) >= 11 is 0. The number of allylic oxidation sites excluding steroid dienone is 3. The van der Waals surface area contributed by atoms with Crippen LogP contribution in [0.4, 0.5) is 5.69 Å². The van der Waals surface area contributed by atoms with Gasteiger partial charge in [-0.1, -0.05) is 36.4 Å². The van der Waals surface area contributed by atoms with Crippen LogP contribution in [0.25, 0.3) is 0 Å². The molecule has 0 atom stereocenters. The van der Waals surface area contributed by atoms with E-state index in [0.717, 1.165) is 47.6 Å². The second-order valence-electron chi connectivity index (χ2n) is 6.51. The predicted molar refractivity (Wildman–Crippen MR) is 106 cm³/mol. The van der Waals surface area contributed by atoms with E-state index in [2.05, 4.69) is 42.2 Å². The molecule has 0 aromatic heterocycles. The molecule has 1 aliphatic carbocycles. The van der Waals surface area contributed by atoms with Gasteiger partial charge in [0.05, 0.1) is 17.1 Å². The molecule has 136 valence electrons. The third-order valence-corrected chi connectivity index (χ3v) is 4.97. The normalized spacial score (nSPS) is 15.6. The van der Waals surface area contributed by atoms with E-state index in [9.17, 15) is 4.79 Å². The molecular weight excluding hydrogens is 338 g/mol. The molecule has 27 heavy (non-hydrogen) atoms. The highest BCUT2D eigenvalue weighted by Crippen LogP contribution is 2.35. The maximum atomic E-state index is 11.6. The highest BCUT2D eigenvalue weighted by atomic mass is 16.5. The summed E-state index contributed by atoms with van der Waals surface area (Å²) in [6.07, 6.45) is 6.26. The number of hydrogen-bond donors (Lipinski definition) is 2. The van der Waals surface area contributed by atoms with Crippen LogP contribution in [-0.2, 0) is 0 Å². The van der Waals surface area contributed by atoms with Crippen molar-refractivity contribution >= 4 is 17.3 Å². The van der Waals surface area contributed by atoms with Crippen LogP contribution in [0, 0.1) is 0 Å². The molecule has 0 fully saturated rings. The highest BCUT2D eigenvalue weighted by molar-refractivity contribution is 6.17. The van der Waals surface area contributed by atoms with Gasteiger partial charge in [0.2, 0.25) is 0 Å². The van der Waals surface area contributed by atoms with Gasteiger partial charge in [0, 0.05) is 28.9 Å². The van der Waals surface area contributed by atoms with Gasteiger partial charge in [-0.2, -0.15) is 0 Å². The number of nitrogens with zero attached hydrogens (tertiary/aromatic N) is 2. The molecule has 5 heteroatoms. The monoisotopic (exact) mass is 359 g/mol. The number of hydroxylamine groups is 1. The van der Waals surface area contributed by atoms with E-state index >= 15 is 0 Å². The lowest BCUT2D eigenvalue weighted by atomic mass is 9.99. The Kier molecular flexibility index (Phi) is 4.60. The topological polar surface area (TPSA) is 64.9 Å². The zero-order valence-corrected chi connectivity index (χ0v) is 15.1. The van der Waals surface area contributed by atoms with Crippen molar-refractivity contribution in [2.45, 2.75) is 19.8 Å². The van der Waals surface area contributed by atoms with Crippen molar-refractivity contribution < 1.29 is 10.0 Å². The summed E-state index contributed by atoms with van der Waals surface area (Å²) < 4.78 is 0. The second kappa shape index (κ2) is 7.21. The predicted octanol–water partition coefficient (Wildman–Crippen LogP) is 4.04.